The molecule has 113 heavy (non-hydrogen) atoms. The van der Waals surface area contributed by atoms with Crippen LogP contribution in [0.1, 0.15) is 382 Å². The van der Waals surface area contributed by atoms with E-state index in [4.69, 9.17) is 0 Å². The van der Waals surface area contributed by atoms with E-state index in [0.717, 1.165) is 12.8 Å². The van der Waals surface area contributed by atoms with Gasteiger partial charge in [0.15, 0.2) is 0 Å². The summed E-state index contributed by atoms with van der Waals surface area (Å²) in [5.74, 6) is 0. The number of nitrogens with one attached hydrogen (secondary N) is 1. The highest BCUT2D eigenvalue weighted by Gasteiger charge is 2.45. The number of hydrogen-bond acceptors (Lipinski definition) is 0. The predicted molar refractivity (Wildman–Crippen MR) is 517 cm³/mol. The van der Waals surface area contributed by atoms with Crippen molar-refractivity contribution in [1.29, 1.82) is 0 Å². The summed E-state index contributed by atoms with van der Waals surface area (Å²) in [4.78, 5) is 3.71. The lowest BCUT2D eigenvalue weighted by atomic mass is 9.70. The molecule has 0 aliphatic heterocycles. The largest absolute Gasteiger partial charge is 0.354 e. The van der Waals surface area contributed by atoms with Crippen molar-refractivity contribution in [1.82, 2.24) is 9.55 Å². The van der Waals surface area contributed by atoms with Crippen LogP contribution in [0.5, 0.6) is 0 Å². The minimum absolute atomic E-state index is 0.0507. The summed E-state index contributed by atoms with van der Waals surface area (Å²) in [6.45, 7) is 18.4. The van der Waals surface area contributed by atoms with Gasteiger partial charge in [0.05, 0.1) is 11.0 Å². The Morgan fingerprint density at radius 3 is 1.03 bits per heavy atom. The summed E-state index contributed by atoms with van der Waals surface area (Å²) in [5.41, 5.74) is 24.8. The molecule has 2 nitrogen and oxygen atoms in total. The minimum Gasteiger partial charge on any atom is -0.354 e. The van der Waals surface area contributed by atoms with Crippen LogP contribution in [0.4, 0.5) is 0 Å². The Hall–Kier alpha value is -4.24. The number of para-hydroxylation sites is 2. The number of hydrogen-bond donors (Lipinski definition) is 1. The molecular formula is C106H143Br5N2. The lowest BCUT2D eigenvalue weighted by molar-refractivity contribution is 0.398. The zero-order chi connectivity index (χ0) is 79.8. The Morgan fingerprint density at radius 2 is 0.593 bits per heavy atom. The van der Waals surface area contributed by atoms with Crippen molar-refractivity contribution >= 4 is 123 Å². The first-order chi connectivity index (χ1) is 55.3. The Balaban J connectivity index is 0.000000202. The summed E-state index contributed by atoms with van der Waals surface area (Å²) >= 11 is 19.4. The van der Waals surface area contributed by atoms with E-state index in [1.165, 1.54) is 412 Å². The number of aryl methyl sites for hydroxylation is 4. The van der Waals surface area contributed by atoms with Gasteiger partial charge in [0.1, 0.15) is 0 Å². The molecule has 0 spiro atoms. The van der Waals surface area contributed by atoms with Gasteiger partial charge < -0.3 is 9.55 Å². The molecule has 2 aliphatic carbocycles. The zero-order valence-electron chi connectivity index (χ0n) is 71.5. The Bertz CT molecular complexity index is 4450. The number of nitrogens with zero attached hydrogens (tertiary/aromatic N) is 1. The molecule has 0 bridgehead atoms. The maximum Gasteiger partial charge on any atom is 0.0547 e. The first-order valence-electron chi connectivity index (χ1n) is 46.4. The molecule has 10 aromatic rings. The molecule has 612 valence electrons. The average Bonchev–Trinajstić information content (AvgIpc) is 1.55. The maximum atomic E-state index is 4.08. The fourth-order valence-electron chi connectivity index (χ4n) is 19.4. The number of H-pyrrole nitrogens is 1. The van der Waals surface area contributed by atoms with Crippen LogP contribution in [0.2, 0.25) is 0 Å². The van der Waals surface area contributed by atoms with E-state index in [2.05, 4.69) is 278 Å². The quantitative estimate of drug-likeness (QED) is 0.0367. The minimum atomic E-state index is 0.0507. The first-order valence-corrected chi connectivity index (χ1v) is 50.3. The Kier molecular flexibility index (Phi) is 38.8. The van der Waals surface area contributed by atoms with Crippen LogP contribution in [0.3, 0.4) is 0 Å². The fourth-order valence-corrected chi connectivity index (χ4v) is 21.9. The highest BCUT2D eigenvalue weighted by molar-refractivity contribution is 9.11. The normalized spacial score (nSPS) is 13.1. The molecule has 0 radical (unpaired) electrons. The van der Waals surface area contributed by atoms with E-state index in [-0.39, 0.29) is 10.8 Å². The molecule has 2 heterocycles. The first kappa shape index (κ1) is 91.1. The van der Waals surface area contributed by atoms with E-state index in [1.807, 2.05) is 0 Å². The van der Waals surface area contributed by atoms with Gasteiger partial charge in [-0.15, -0.1) is 0 Å². The fraction of sp³-hybridized carbons (Fsp3) is 0.547. The molecule has 12 rings (SSSR count). The van der Waals surface area contributed by atoms with E-state index < -0.39 is 0 Å². The van der Waals surface area contributed by atoms with Crippen LogP contribution >= 0.6 is 79.6 Å². The van der Waals surface area contributed by atoms with Gasteiger partial charge in [-0.3, -0.25) is 0 Å². The standard InChI is InChI=1S/C53H71Br2N.C35H44BrN.C18H28Br2/c1-5-9-13-17-19-25-33-53(34-26-20-18-14-10-6-2)47-37-42(54)31-32-43(47)45-39-52-46(38-48(45)53)44-29-23-24-30-50(44)56(52)51-36-40(27-21-15-11-7-3)49(55)35-41(51)28-22-16-12-8-4;1-3-5-7-9-11-15-21-35(22-16-12-10-8-6-4-2)31-23-26(36)19-20-27(31)29-25-34-30(24-32(29)35)28-17-13-14-18-33(28)37-34;1-3-5-7-9-11-15-13-18(20)16(14-17(15)19)12-10-8-6-4-2/h23-24,29-32,35-39H,5-22,25-28,33-34H2,1-4H3;13-14,17-20,23-25,37H,3-12,15-16,21-22H2,1-2H3;13-14H,3-12H2,1-2H3. The number of fused-ring (bicyclic) bond motifs is 12. The Morgan fingerprint density at radius 1 is 0.257 bits per heavy atom. The summed E-state index contributed by atoms with van der Waals surface area (Å²) in [7, 11) is 0. The summed E-state index contributed by atoms with van der Waals surface area (Å²) in [6, 6.07) is 52.5. The number of halogens is 5. The van der Waals surface area contributed by atoms with Crippen LogP contribution in [0.15, 0.2) is 156 Å². The van der Waals surface area contributed by atoms with Crippen molar-refractivity contribution < 1.29 is 0 Å². The topological polar surface area (TPSA) is 20.7 Å². The summed E-state index contributed by atoms with van der Waals surface area (Å²) in [5, 5.41) is 5.55. The molecule has 0 unspecified atom stereocenters. The molecule has 0 saturated heterocycles. The van der Waals surface area contributed by atoms with Crippen molar-refractivity contribution in [2.75, 3.05) is 0 Å². The van der Waals surface area contributed by atoms with E-state index in [0.29, 0.717) is 0 Å². The Labute approximate surface area is 729 Å². The second-order valence-corrected chi connectivity index (χ2v) is 38.7. The molecule has 2 aliphatic rings. The highest BCUT2D eigenvalue weighted by Crippen LogP contribution is 2.58. The van der Waals surface area contributed by atoms with Gasteiger partial charge in [-0.05, 0) is 229 Å². The number of unbranched alkanes of at least 4 members (excludes halogenated alkanes) is 32. The van der Waals surface area contributed by atoms with Crippen molar-refractivity contribution in [3.63, 3.8) is 0 Å². The molecule has 0 fully saturated rings. The lowest BCUT2D eigenvalue weighted by Gasteiger charge is -2.33. The predicted octanol–water partition coefficient (Wildman–Crippen LogP) is 37.6. The smallest absolute Gasteiger partial charge is 0.0547 e. The highest BCUT2D eigenvalue weighted by atomic mass is 79.9. The van der Waals surface area contributed by atoms with Gasteiger partial charge in [0.2, 0.25) is 0 Å². The third kappa shape index (κ3) is 24.1. The van der Waals surface area contributed by atoms with Gasteiger partial charge in [-0.1, -0.05) is 415 Å². The van der Waals surface area contributed by atoms with Gasteiger partial charge in [0, 0.05) is 71.5 Å². The summed E-state index contributed by atoms with van der Waals surface area (Å²) < 4.78 is 8.98. The molecule has 7 heteroatoms. The van der Waals surface area contributed by atoms with Crippen molar-refractivity contribution in [2.45, 2.75) is 374 Å². The van der Waals surface area contributed by atoms with Gasteiger partial charge in [-0.25, -0.2) is 0 Å². The van der Waals surface area contributed by atoms with Crippen LogP contribution in [0, 0.1) is 0 Å². The third-order valence-corrected chi connectivity index (χ3v) is 29.0. The number of aromatic nitrogens is 2. The second-order valence-electron chi connectivity index (χ2n) is 34.3. The molecule has 0 amide bonds. The van der Waals surface area contributed by atoms with E-state index in [1.54, 1.807) is 22.3 Å². The van der Waals surface area contributed by atoms with Crippen LogP contribution in [-0.2, 0) is 36.5 Å². The maximum absolute atomic E-state index is 4.08. The van der Waals surface area contributed by atoms with Crippen LogP contribution in [-0.4, -0.2) is 9.55 Å². The number of aromatic amines is 1. The van der Waals surface area contributed by atoms with Gasteiger partial charge in [0.25, 0.3) is 0 Å². The molecule has 2 aromatic heterocycles. The SMILES string of the molecule is CCCCCCCCC1(CCCCCCCC)c2cc(Br)ccc2-c2cc3[nH]c4ccccc4c3cc21.CCCCCCCCC1(CCCCCCCC)c2cc(Br)ccc2-c2cc3c(cc21)c1ccccc1n3-c1cc(CCCCCC)c(Br)cc1CCCCCC.CCCCCCc1cc(Br)c(CCCCCC)cc1Br. The van der Waals surface area contributed by atoms with E-state index >= 15 is 0 Å². The molecule has 0 saturated carbocycles. The van der Waals surface area contributed by atoms with Crippen LogP contribution in [0.25, 0.3) is 71.6 Å². The molecule has 8 aromatic carbocycles. The zero-order valence-corrected chi connectivity index (χ0v) is 79.4. The van der Waals surface area contributed by atoms with Crippen LogP contribution < -0.4 is 0 Å². The lowest BCUT2D eigenvalue weighted by Crippen LogP contribution is -2.25. The molecular weight excluding hydrogens is 1700 g/mol. The summed E-state index contributed by atoms with van der Waals surface area (Å²) in [6.07, 6.45) is 62.8. The van der Waals surface area contributed by atoms with E-state index in [9.17, 15) is 0 Å². The third-order valence-electron chi connectivity index (χ3n) is 25.8. The van der Waals surface area contributed by atoms with Crippen molar-refractivity contribution in [3.8, 4) is 27.9 Å². The van der Waals surface area contributed by atoms with Gasteiger partial charge in [-0.2, -0.15) is 0 Å². The molecule has 0 atom stereocenters. The van der Waals surface area contributed by atoms with Crippen molar-refractivity contribution in [3.05, 3.63) is 200 Å². The molecule has 1 N–H and O–H groups in total. The average molecular weight is 1840 g/mol. The number of rotatable bonds is 49. The second kappa shape index (κ2) is 48.1. The monoisotopic (exact) mass is 1840 g/mol. The van der Waals surface area contributed by atoms with Crippen molar-refractivity contribution in [2.24, 2.45) is 0 Å². The number of benzene rings is 8. The van der Waals surface area contributed by atoms with Gasteiger partial charge >= 0.3 is 0 Å².